The summed E-state index contributed by atoms with van der Waals surface area (Å²) in [6.07, 6.45) is 2.81. The number of nitrogens with one attached hydrogen (secondary N) is 3. The molecule has 0 aliphatic carbocycles. The van der Waals surface area contributed by atoms with Crippen molar-refractivity contribution in [3.05, 3.63) is 75.4 Å². The van der Waals surface area contributed by atoms with Crippen molar-refractivity contribution in [3.63, 3.8) is 0 Å². The van der Waals surface area contributed by atoms with Gasteiger partial charge in [0.15, 0.2) is 0 Å². The number of rotatable bonds is 3. The molecule has 3 atom stereocenters. The number of cyclic esters (lactones) is 1. The van der Waals surface area contributed by atoms with Crippen LogP contribution in [0.4, 0.5) is 0 Å². The lowest BCUT2D eigenvalue weighted by Gasteiger charge is -2.31. The van der Waals surface area contributed by atoms with Crippen molar-refractivity contribution in [1.29, 1.82) is 0 Å². The summed E-state index contributed by atoms with van der Waals surface area (Å²) in [5.74, 6) is -2.06. The lowest BCUT2D eigenvalue weighted by Crippen LogP contribution is -2.54. The number of para-hydroxylation sites is 1. The standard InChI is InChI=1S/C32H36Cl2N4O6/c1-18-7-6-14-44-29(41)17-25(20-11-12-27(39)23(33)15-20)37-31(42)26(38(3)32(43)19(2)35-28(40)13-10-18)16-22-21-8-4-5-9-24(21)36-30(22)34/h4-5,7-9,11-12,15,19,25-26,36,39H,6,10,13-14,16-17H2,1-3H3,(H,35,40)(H,37,42)/b18-7-/t19-,25+,26+/m0/s1. The van der Waals surface area contributed by atoms with Gasteiger partial charge in [-0.25, -0.2) is 0 Å². The van der Waals surface area contributed by atoms with Crippen LogP contribution < -0.4 is 10.6 Å². The Morgan fingerprint density at radius 2 is 1.80 bits per heavy atom. The molecule has 2 heterocycles. The smallest absolute Gasteiger partial charge is 0.308 e. The van der Waals surface area contributed by atoms with Crippen molar-refractivity contribution in [2.75, 3.05) is 13.7 Å². The minimum Gasteiger partial charge on any atom is -0.506 e. The van der Waals surface area contributed by atoms with Crippen molar-refractivity contribution in [3.8, 4) is 5.75 Å². The highest BCUT2D eigenvalue weighted by atomic mass is 35.5. The fourth-order valence-electron chi connectivity index (χ4n) is 5.18. The van der Waals surface area contributed by atoms with Gasteiger partial charge in [0, 0.05) is 30.8 Å². The number of ether oxygens (including phenoxy) is 1. The van der Waals surface area contributed by atoms with Gasteiger partial charge in [0.1, 0.15) is 23.0 Å². The highest BCUT2D eigenvalue weighted by Crippen LogP contribution is 2.30. The summed E-state index contributed by atoms with van der Waals surface area (Å²) in [6, 6.07) is 8.91. The minimum absolute atomic E-state index is 0.0368. The summed E-state index contributed by atoms with van der Waals surface area (Å²) in [5.41, 5.74) is 2.81. The summed E-state index contributed by atoms with van der Waals surface area (Å²) in [5, 5.41) is 16.8. The Balaban J connectivity index is 1.73. The predicted molar refractivity (Wildman–Crippen MR) is 168 cm³/mol. The zero-order valence-corrected chi connectivity index (χ0v) is 26.3. The number of esters is 1. The molecule has 1 aliphatic heterocycles. The van der Waals surface area contributed by atoms with E-state index in [1.165, 1.54) is 24.1 Å². The van der Waals surface area contributed by atoms with Gasteiger partial charge in [-0.3, -0.25) is 19.2 Å². The molecule has 4 N–H and O–H groups in total. The van der Waals surface area contributed by atoms with Crippen LogP contribution in [0.1, 0.15) is 56.7 Å². The van der Waals surface area contributed by atoms with Crippen LogP contribution in [0.15, 0.2) is 54.1 Å². The first kappa shape index (κ1) is 32.9. The summed E-state index contributed by atoms with van der Waals surface area (Å²) < 4.78 is 5.44. The molecule has 10 nitrogen and oxygen atoms in total. The number of phenols is 1. The van der Waals surface area contributed by atoms with Crippen molar-refractivity contribution in [2.24, 2.45) is 0 Å². The second-order valence-electron chi connectivity index (χ2n) is 11.0. The molecule has 0 radical (unpaired) electrons. The number of amides is 3. The number of likely N-dealkylation sites (N-methyl/N-ethyl adjacent to an activating group) is 1. The van der Waals surface area contributed by atoms with Crippen LogP contribution >= 0.6 is 23.2 Å². The van der Waals surface area contributed by atoms with Gasteiger partial charge < -0.3 is 30.4 Å². The zero-order valence-electron chi connectivity index (χ0n) is 24.8. The van der Waals surface area contributed by atoms with Gasteiger partial charge in [-0.05, 0) is 56.0 Å². The molecule has 44 heavy (non-hydrogen) atoms. The normalized spacial score (nSPS) is 22.8. The highest BCUT2D eigenvalue weighted by Gasteiger charge is 2.34. The molecule has 3 amide bonds. The average molecular weight is 644 g/mol. The number of hydrogen-bond donors (Lipinski definition) is 4. The molecular formula is C32H36Cl2N4O6. The van der Waals surface area contributed by atoms with E-state index in [0.29, 0.717) is 29.1 Å². The van der Waals surface area contributed by atoms with E-state index in [1.54, 1.807) is 13.0 Å². The first-order valence-electron chi connectivity index (χ1n) is 14.4. The Hall–Kier alpha value is -4.02. The molecule has 234 valence electrons. The molecule has 2 aromatic carbocycles. The number of aromatic amines is 1. The first-order valence-corrected chi connectivity index (χ1v) is 15.1. The van der Waals surface area contributed by atoms with Crippen LogP contribution in [-0.4, -0.2) is 64.4 Å². The van der Waals surface area contributed by atoms with E-state index in [2.05, 4.69) is 15.6 Å². The van der Waals surface area contributed by atoms with Gasteiger partial charge >= 0.3 is 5.97 Å². The predicted octanol–water partition coefficient (Wildman–Crippen LogP) is 4.98. The Morgan fingerprint density at radius 1 is 1.05 bits per heavy atom. The zero-order chi connectivity index (χ0) is 32.0. The number of halogens is 2. The first-order chi connectivity index (χ1) is 20.9. The molecule has 4 rings (SSSR count). The fraction of sp³-hybridized carbons (Fsp3) is 0.375. The summed E-state index contributed by atoms with van der Waals surface area (Å²) >= 11 is 12.8. The van der Waals surface area contributed by atoms with Crippen LogP contribution in [0.2, 0.25) is 10.2 Å². The Bertz CT molecular complexity index is 1590. The molecule has 0 fully saturated rings. The lowest BCUT2D eigenvalue weighted by molar-refractivity contribution is -0.145. The highest BCUT2D eigenvalue weighted by molar-refractivity contribution is 6.32. The number of carbonyl (C=O) groups excluding carboxylic acids is 4. The van der Waals surface area contributed by atoms with Crippen LogP contribution in [0.5, 0.6) is 5.75 Å². The molecule has 0 unspecified atom stereocenters. The van der Waals surface area contributed by atoms with E-state index in [4.69, 9.17) is 27.9 Å². The van der Waals surface area contributed by atoms with Crippen LogP contribution in [0, 0.1) is 0 Å². The van der Waals surface area contributed by atoms with Crippen LogP contribution in [0.25, 0.3) is 10.9 Å². The molecular weight excluding hydrogens is 607 g/mol. The molecule has 0 spiro atoms. The largest absolute Gasteiger partial charge is 0.506 e. The summed E-state index contributed by atoms with van der Waals surface area (Å²) in [6.45, 7) is 3.58. The van der Waals surface area contributed by atoms with Gasteiger partial charge in [0.2, 0.25) is 17.7 Å². The molecule has 1 aliphatic rings. The number of carbonyl (C=O) groups is 4. The average Bonchev–Trinajstić information content (AvgIpc) is 3.31. The number of phenolic OH excluding ortho intramolecular Hbond substituents is 1. The number of aromatic nitrogens is 1. The van der Waals surface area contributed by atoms with E-state index in [1.807, 2.05) is 37.3 Å². The Morgan fingerprint density at radius 3 is 2.55 bits per heavy atom. The molecule has 1 aromatic heterocycles. The SMILES string of the molecule is C/C1=C/CCOC(=O)C[C@H](c2ccc(O)c(Cl)c2)NC(=O)[C@@H](Cc2c(Cl)[nH]c3ccccc23)N(C)C(=O)[C@H](C)NC(=O)CC1. The molecule has 12 heteroatoms. The second kappa shape index (κ2) is 14.6. The van der Waals surface area contributed by atoms with E-state index in [9.17, 15) is 24.3 Å². The van der Waals surface area contributed by atoms with E-state index in [0.717, 1.165) is 16.5 Å². The second-order valence-corrected chi connectivity index (χ2v) is 11.7. The minimum atomic E-state index is -1.09. The number of nitrogens with zero attached hydrogens (tertiary/aromatic N) is 1. The van der Waals surface area contributed by atoms with E-state index < -0.39 is 35.9 Å². The Labute approximate surface area is 265 Å². The maximum Gasteiger partial charge on any atom is 0.308 e. The third-order valence-electron chi connectivity index (χ3n) is 7.71. The monoisotopic (exact) mass is 642 g/mol. The maximum atomic E-state index is 14.1. The lowest BCUT2D eigenvalue weighted by atomic mass is 9.99. The number of aromatic hydroxyl groups is 1. The summed E-state index contributed by atoms with van der Waals surface area (Å²) in [4.78, 5) is 57.7. The maximum absolute atomic E-state index is 14.1. The van der Waals surface area contributed by atoms with Crippen molar-refractivity contribution >= 4 is 57.8 Å². The van der Waals surface area contributed by atoms with E-state index >= 15 is 0 Å². The Kier molecular flexibility index (Phi) is 10.9. The van der Waals surface area contributed by atoms with Gasteiger partial charge in [0.05, 0.1) is 24.1 Å². The fourth-order valence-corrected chi connectivity index (χ4v) is 5.65. The van der Waals surface area contributed by atoms with Gasteiger partial charge in [0.25, 0.3) is 0 Å². The molecule has 3 aromatic rings. The number of hydrogen-bond acceptors (Lipinski definition) is 6. The molecule has 0 bridgehead atoms. The summed E-state index contributed by atoms with van der Waals surface area (Å²) in [7, 11) is 1.49. The van der Waals surface area contributed by atoms with Crippen LogP contribution in [-0.2, 0) is 30.3 Å². The van der Waals surface area contributed by atoms with Gasteiger partial charge in [-0.15, -0.1) is 0 Å². The van der Waals surface area contributed by atoms with E-state index in [-0.39, 0.29) is 42.5 Å². The third kappa shape index (κ3) is 8.12. The van der Waals surface area contributed by atoms with Crippen LogP contribution in [0.3, 0.4) is 0 Å². The topological polar surface area (TPSA) is 141 Å². The number of benzene rings is 2. The number of fused-ring (bicyclic) bond motifs is 1. The number of allylic oxidation sites excluding steroid dienone is 1. The molecule has 0 saturated carbocycles. The van der Waals surface area contributed by atoms with Crippen molar-refractivity contribution < 1.29 is 29.0 Å². The third-order valence-corrected chi connectivity index (χ3v) is 8.33. The van der Waals surface area contributed by atoms with Gasteiger partial charge in [-0.2, -0.15) is 0 Å². The van der Waals surface area contributed by atoms with Gasteiger partial charge in [-0.1, -0.05) is 59.1 Å². The van der Waals surface area contributed by atoms with Crippen molar-refractivity contribution in [1.82, 2.24) is 20.5 Å². The molecule has 0 saturated heterocycles. The number of H-pyrrole nitrogens is 1. The van der Waals surface area contributed by atoms with Crippen molar-refractivity contribution in [2.45, 2.75) is 64.1 Å². The quantitative estimate of drug-likeness (QED) is 0.235.